The normalized spacial score (nSPS) is 22.5. The predicted molar refractivity (Wildman–Crippen MR) is 69.4 cm³/mol. The van der Waals surface area contributed by atoms with Crippen molar-refractivity contribution in [1.29, 1.82) is 0 Å². The molecule has 1 saturated carbocycles. The van der Waals surface area contributed by atoms with Gasteiger partial charge in [-0.1, -0.05) is 0 Å². The average Bonchev–Trinajstić information content (AvgIpc) is 2.92. The maximum absolute atomic E-state index is 5.85. The minimum atomic E-state index is 0.346. The van der Waals surface area contributed by atoms with Gasteiger partial charge in [0.15, 0.2) is 0 Å². The van der Waals surface area contributed by atoms with Gasteiger partial charge in [0.25, 0.3) is 0 Å². The first kappa shape index (κ1) is 10.7. The van der Waals surface area contributed by atoms with Gasteiger partial charge in [-0.2, -0.15) is 0 Å². The van der Waals surface area contributed by atoms with Gasteiger partial charge in [-0.3, -0.25) is 0 Å². The van der Waals surface area contributed by atoms with Gasteiger partial charge in [0, 0.05) is 28.6 Å². The number of rotatable bonds is 3. The highest BCUT2D eigenvalue weighted by Crippen LogP contribution is 2.43. The van der Waals surface area contributed by atoms with Gasteiger partial charge in [0.05, 0.1) is 7.11 Å². The van der Waals surface area contributed by atoms with Crippen molar-refractivity contribution in [2.45, 2.75) is 18.4 Å². The Morgan fingerprint density at radius 2 is 2.06 bits per heavy atom. The van der Waals surface area contributed by atoms with Crippen LogP contribution in [0.15, 0.2) is 30.5 Å². The maximum Gasteiger partial charge on any atom is 0.123 e. The molecule has 2 atom stereocenters. The van der Waals surface area contributed by atoms with Crippen LogP contribution in [0.4, 0.5) is 0 Å². The summed E-state index contributed by atoms with van der Waals surface area (Å²) in [5.74, 6) is 1.41. The molecule has 0 amide bonds. The largest absolute Gasteiger partial charge is 0.497 e. The van der Waals surface area contributed by atoms with Crippen LogP contribution in [-0.4, -0.2) is 18.1 Å². The lowest BCUT2D eigenvalue weighted by atomic mass is 10.2. The number of methoxy groups -OCH3 is 1. The molecule has 1 aliphatic carbocycles. The summed E-state index contributed by atoms with van der Waals surface area (Å²) in [6, 6.07) is 8.33. The molecule has 1 fully saturated rings. The number of benzene rings is 1. The summed E-state index contributed by atoms with van der Waals surface area (Å²) < 4.78 is 5.14. The fourth-order valence-corrected chi connectivity index (χ4v) is 2.98. The fourth-order valence-electron chi connectivity index (χ4n) is 1.87. The summed E-state index contributed by atoms with van der Waals surface area (Å²) in [6.45, 7) is 0. The highest BCUT2D eigenvalue weighted by atomic mass is 32.1. The van der Waals surface area contributed by atoms with E-state index < -0.39 is 0 Å². The van der Waals surface area contributed by atoms with Crippen LogP contribution in [0.2, 0.25) is 0 Å². The number of hydrogen-bond acceptors (Lipinski definition) is 4. The zero-order valence-corrected chi connectivity index (χ0v) is 10.4. The zero-order chi connectivity index (χ0) is 11.8. The van der Waals surface area contributed by atoms with Crippen molar-refractivity contribution >= 4 is 11.3 Å². The van der Waals surface area contributed by atoms with Crippen LogP contribution in [-0.2, 0) is 0 Å². The molecule has 2 unspecified atom stereocenters. The van der Waals surface area contributed by atoms with Gasteiger partial charge in [0.2, 0.25) is 0 Å². The van der Waals surface area contributed by atoms with Gasteiger partial charge in [-0.25, -0.2) is 4.98 Å². The Morgan fingerprint density at radius 1 is 1.35 bits per heavy atom. The molecule has 88 valence electrons. The van der Waals surface area contributed by atoms with E-state index in [1.165, 1.54) is 4.88 Å². The molecule has 1 aliphatic rings. The van der Waals surface area contributed by atoms with Crippen LogP contribution >= 0.6 is 11.3 Å². The van der Waals surface area contributed by atoms with Crippen LogP contribution < -0.4 is 10.5 Å². The summed E-state index contributed by atoms with van der Waals surface area (Å²) in [7, 11) is 1.67. The molecule has 3 nitrogen and oxygen atoms in total. The number of thiazole rings is 1. The Kier molecular flexibility index (Phi) is 2.61. The van der Waals surface area contributed by atoms with Crippen LogP contribution in [0, 0.1) is 0 Å². The molecule has 0 saturated heterocycles. The number of hydrogen-bond donors (Lipinski definition) is 1. The number of aromatic nitrogens is 1. The fraction of sp³-hybridized carbons (Fsp3) is 0.308. The summed E-state index contributed by atoms with van der Waals surface area (Å²) >= 11 is 1.74. The quantitative estimate of drug-likeness (QED) is 0.905. The molecule has 0 spiro atoms. The van der Waals surface area contributed by atoms with Crippen LogP contribution in [0.25, 0.3) is 10.6 Å². The number of ether oxygens (including phenoxy) is 1. The van der Waals surface area contributed by atoms with Crippen LogP contribution in [0.3, 0.4) is 0 Å². The Morgan fingerprint density at radius 3 is 2.65 bits per heavy atom. The lowest BCUT2D eigenvalue weighted by Crippen LogP contribution is -1.99. The first-order valence-electron chi connectivity index (χ1n) is 5.63. The van der Waals surface area contributed by atoms with E-state index in [9.17, 15) is 0 Å². The molecular formula is C13H14N2OS. The molecule has 3 rings (SSSR count). The molecular weight excluding hydrogens is 232 g/mol. The lowest BCUT2D eigenvalue weighted by Gasteiger charge is -2.00. The first-order valence-corrected chi connectivity index (χ1v) is 6.45. The molecule has 2 N–H and O–H groups in total. The standard InChI is InChI=1S/C13H14N2OS/c1-16-9-4-2-8(3-5-9)13-15-7-12(17-13)10-6-11(10)14/h2-5,7,10-11H,6,14H2,1H3. The van der Waals surface area contributed by atoms with E-state index in [1.54, 1.807) is 18.4 Å². The second kappa shape index (κ2) is 4.13. The van der Waals surface area contributed by atoms with Crippen molar-refractivity contribution in [3.05, 3.63) is 35.3 Å². The molecule has 0 aliphatic heterocycles. The molecule has 2 aromatic rings. The van der Waals surface area contributed by atoms with Crippen molar-refractivity contribution in [2.75, 3.05) is 7.11 Å². The molecule has 0 bridgehead atoms. The number of nitrogens with zero attached hydrogens (tertiary/aromatic N) is 1. The topological polar surface area (TPSA) is 48.1 Å². The second-order valence-electron chi connectivity index (χ2n) is 4.30. The maximum atomic E-state index is 5.85. The Bertz CT molecular complexity index is 520. The molecule has 0 radical (unpaired) electrons. The molecule has 17 heavy (non-hydrogen) atoms. The number of nitrogens with two attached hydrogens (primary N) is 1. The van der Waals surface area contributed by atoms with Gasteiger partial charge in [-0.05, 0) is 30.7 Å². The van der Waals surface area contributed by atoms with E-state index >= 15 is 0 Å². The minimum Gasteiger partial charge on any atom is -0.497 e. The Balaban J connectivity index is 1.85. The van der Waals surface area contributed by atoms with Crippen molar-refractivity contribution in [1.82, 2.24) is 4.98 Å². The minimum absolute atomic E-state index is 0.346. The zero-order valence-electron chi connectivity index (χ0n) is 9.59. The second-order valence-corrected chi connectivity index (χ2v) is 5.36. The van der Waals surface area contributed by atoms with Crippen LogP contribution in [0.5, 0.6) is 5.75 Å². The first-order chi connectivity index (χ1) is 8.28. The van der Waals surface area contributed by atoms with Crippen molar-refractivity contribution < 1.29 is 4.74 Å². The third-order valence-corrected chi connectivity index (χ3v) is 4.24. The highest BCUT2D eigenvalue weighted by molar-refractivity contribution is 7.15. The summed E-state index contributed by atoms with van der Waals surface area (Å²) in [4.78, 5) is 5.77. The van der Waals surface area contributed by atoms with E-state index in [2.05, 4.69) is 4.98 Å². The predicted octanol–water partition coefficient (Wildman–Crippen LogP) is 2.63. The SMILES string of the molecule is COc1ccc(-c2ncc(C3CC3N)s2)cc1. The third-order valence-electron chi connectivity index (χ3n) is 3.07. The lowest BCUT2D eigenvalue weighted by molar-refractivity contribution is 0.415. The molecule has 4 heteroatoms. The third kappa shape index (κ3) is 2.06. The van der Waals surface area contributed by atoms with Gasteiger partial charge in [-0.15, -0.1) is 11.3 Å². The van der Waals surface area contributed by atoms with Crippen molar-refractivity contribution in [2.24, 2.45) is 5.73 Å². The Labute approximate surface area is 104 Å². The van der Waals surface area contributed by atoms with Crippen molar-refractivity contribution in [3.63, 3.8) is 0 Å². The molecule has 1 heterocycles. The summed E-state index contributed by atoms with van der Waals surface area (Å²) in [6.07, 6.45) is 3.06. The van der Waals surface area contributed by atoms with E-state index in [0.29, 0.717) is 12.0 Å². The Hall–Kier alpha value is -1.39. The van der Waals surface area contributed by atoms with Crippen molar-refractivity contribution in [3.8, 4) is 16.3 Å². The average molecular weight is 246 g/mol. The van der Waals surface area contributed by atoms with Gasteiger partial charge >= 0.3 is 0 Å². The van der Waals surface area contributed by atoms with E-state index in [-0.39, 0.29) is 0 Å². The summed E-state index contributed by atoms with van der Waals surface area (Å²) in [5.41, 5.74) is 6.98. The molecule has 1 aromatic heterocycles. The summed E-state index contributed by atoms with van der Waals surface area (Å²) in [5, 5.41) is 1.06. The van der Waals surface area contributed by atoms with E-state index in [0.717, 1.165) is 22.7 Å². The molecule has 1 aromatic carbocycles. The van der Waals surface area contributed by atoms with E-state index in [1.807, 2.05) is 30.5 Å². The monoisotopic (exact) mass is 246 g/mol. The van der Waals surface area contributed by atoms with Crippen LogP contribution in [0.1, 0.15) is 17.2 Å². The highest BCUT2D eigenvalue weighted by Gasteiger charge is 2.36. The van der Waals surface area contributed by atoms with Gasteiger partial charge < -0.3 is 10.5 Å². The van der Waals surface area contributed by atoms with E-state index in [4.69, 9.17) is 10.5 Å². The van der Waals surface area contributed by atoms with Gasteiger partial charge in [0.1, 0.15) is 10.8 Å². The smallest absolute Gasteiger partial charge is 0.123 e.